The number of hydrogen-bond donors (Lipinski definition) is 1. The molecule has 0 unspecified atom stereocenters. The number of nitrogens with zero attached hydrogens (tertiary/aromatic N) is 2. The average molecular weight is 838 g/mol. The summed E-state index contributed by atoms with van der Waals surface area (Å²) in [5.41, 5.74) is -0.671. The topological polar surface area (TPSA) is 63.1 Å². The minimum absolute atomic E-state index is 0. The Morgan fingerprint density at radius 3 is 2.17 bits per heavy atom. The van der Waals surface area contributed by atoms with Gasteiger partial charge in [-0.15, -0.1) is 29.1 Å². The molecular weight excluding hydrogens is 790 g/mol. The Morgan fingerprint density at radius 2 is 1.56 bits per heavy atom. The first kappa shape index (κ1) is 32.9. The molecule has 0 amide bonds. The molecule has 5 aromatic rings. The van der Waals surface area contributed by atoms with Gasteiger partial charge in [0.15, 0.2) is 5.78 Å². The number of aliphatic hydroxyl groups is 1. The molecule has 1 heterocycles. The SMILES string of the molecule is CCC(CC)C(=O)/C=C(\O)C(CC)CC.[2H]c1nc(-c2[c-]c3c([2H])c([2H])c([2H])cc3c(C(C)(C)C)c2)c2cc3ccccc3c(C(F)(F)F)c2n1.[Ir]. The number of aliphatic hydroxyl groups excluding tert-OH is 1. The number of allylic oxidation sites excluding steroid dienone is 2. The summed E-state index contributed by atoms with van der Waals surface area (Å²) >= 11 is 0. The van der Waals surface area contributed by atoms with Crippen molar-refractivity contribution in [2.75, 3.05) is 0 Å². The maximum absolute atomic E-state index is 14.3. The van der Waals surface area contributed by atoms with Crippen LogP contribution in [0.3, 0.4) is 0 Å². The van der Waals surface area contributed by atoms with Gasteiger partial charge in [0.05, 0.1) is 19.6 Å². The number of hydrogen-bond acceptors (Lipinski definition) is 4. The summed E-state index contributed by atoms with van der Waals surface area (Å²) in [6, 6.07) is 13.5. The first-order valence-electron chi connectivity index (χ1n) is 18.1. The van der Waals surface area contributed by atoms with E-state index in [1.807, 2.05) is 48.5 Å². The summed E-state index contributed by atoms with van der Waals surface area (Å²) in [5.74, 6) is 0.547. The quantitative estimate of drug-likeness (QED) is 0.0732. The Bertz CT molecular complexity index is 2120. The fourth-order valence-corrected chi connectivity index (χ4v) is 5.89. The van der Waals surface area contributed by atoms with Crippen LogP contribution < -0.4 is 0 Å². The van der Waals surface area contributed by atoms with Crippen molar-refractivity contribution < 1.29 is 48.7 Å². The smallest absolute Gasteiger partial charge is 0.419 e. The molecule has 1 aromatic heterocycles. The summed E-state index contributed by atoms with van der Waals surface area (Å²) in [7, 11) is 0. The van der Waals surface area contributed by atoms with E-state index in [0.717, 1.165) is 31.2 Å². The van der Waals surface area contributed by atoms with Gasteiger partial charge in [0.2, 0.25) is 0 Å². The van der Waals surface area contributed by atoms with E-state index >= 15 is 0 Å². The molecular formula is C40H44F3IrN2O2-. The molecule has 4 aromatic carbocycles. The van der Waals surface area contributed by atoms with Gasteiger partial charge >= 0.3 is 6.18 Å². The van der Waals surface area contributed by atoms with E-state index in [4.69, 9.17) is 5.48 Å². The van der Waals surface area contributed by atoms with Crippen LogP contribution in [-0.4, -0.2) is 20.9 Å². The molecule has 48 heavy (non-hydrogen) atoms. The predicted octanol–water partition coefficient (Wildman–Crippen LogP) is 11.6. The van der Waals surface area contributed by atoms with E-state index in [1.54, 1.807) is 24.3 Å². The van der Waals surface area contributed by atoms with Crippen LogP contribution in [0.2, 0.25) is 0 Å². The number of ketones is 1. The number of alkyl halides is 3. The van der Waals surface area contributed by atoms with Crippen LogP contribution in [0, 0.1) is 17.9 Å². The van der Waals surface area contributed by atoms with Crippen molar-refractivity contribution in [1.82, 2.24) is 9.97 Å². The zero-order chi connectivity index (χ0) is 38.0. The Hall–Kier alpha value is -3.61. The second-order valence-electron chi connectivity index (χ2n) is 12.7. The molecule has 1 N–H and O–H groups in total. The molecule has 0 saturated carbocycles. The van der Waals surface area contributed by atoms with Crippen LogP contribution >= 0.6 is 0 Å². The van der Waals surface area contributed by atoms with Crippen molar-refractivity contribution in [2.45, 2.75) is 85.7 Å². The average Bonchev–Trinajstić information content (AvgIpc) is 3.06. The molecule has 0 spiro atoms. The standard InChI is InChI=1S/C27H20F3N2.C13H24O2.Ir/c1-26(2,3)22-14-18(12-16-8-4-6-10-19(16)22)24-21-13-17-9-5-7-11-20(17)23(27(28,29)30)25(21)32-15-31-24;1-5-10(6-2)12(14)9-13(15)11(7-3)8-4;/h4-11,13-15H,1-3H3;9-11,14H,5-8H2,1-4H3;/q-1;;/b;12-9-;/i4D,6D,8D,15D;;. The van der Waals surface area contributed by atoms with Crippen molar-refractivity contribution in [3.05, 3.63) is 95.9 Å². The fourth-order valence-electron chi connectivity index (χ4n) is 5.89. The summed E-state index contributed by atoms with van der Waals surface area (Å²) in [6.45, 7) is 13.9. The summed E-state index contributed by atoms with van der Waals surface area (Å²) in [6.07, 6.45) is -0.388. The van der Waals surface area contributed by atoms with Gasteiger partial charge in [-0.1, -0.05) is 108 Å². The van der Waals surface area contributed by atoms with Gasteiger partial charge in [-0.05, 0) is 47.3 Å². The number of aromatic nitrogens is 2. The summed E-state index contributed by atoms with van der Waals surface area (Å²) in [5, 5.41) is 11.1. The van der Waals surface area contributed by atoms with Gasteiger partial charge in [-0.3, -0.25) is 9.78 Å². The third-order valence-electron chi connectivity index (χ3n) is 8.61. The monoisotopic (exact) mass is 838 g/mol. The molecule has 4 nitrogen and oxygen atoms in total. The summed E-state index contributed by atoms with van der Waals surface area (Å²) in [4.78, 5) is 19.8. The number of rotatable bonds is 8. The van der Waals surface area contributed by atoms with E-state index in [1.165, 1.54) is 24.3 Å². The van der Waals surface area contributed by atoms with E-state index in [0.29, 0.717) is 16.3 Å². The molecule has 257 valence electrons. The van der Waals surface area contributed by atoms with Crippen molar-refractivity contribution in [1.29, 1.82) is 0 Å². The molecule has 0 saturated heterocycles. The first-order valence-corrected chi connectivity index (χ1v) is 16.1. The second kappa shape index (κ2) is 16.2. The van der Waals surface area contributed by atoms with E-state index < -0.39 is 23.5 Å². The Labute approximate surface area is 300 Å². The number of benzene rings is 4. The zero-order valence-electron chi connectivity index (χ0n) is 32.3. The van der Waals surface area contributed by atoms with Gasteiger partial charge in [-0.25, -0.2) is 4.98 Å². The molecule has 1 radical (unpaired) electrons. The first-order chi connectivity index (χ1) is 23.9. The van der Waals surface area contributed by atoms with E-state index in [2.05, 4.69) is 16.0 Å². The second-order valence-corrected chi connectivity index (χ2v) is 12.7. The normalized spacial score (nSPS) is 13.5. The van der Waals surface area contributed by atoms with E-state index in [9.17, 15) is 23.1 Å². The van der Waals surface area contributed by atoms with Crippen molar-refractivity contribution in [3.63, 3.8) is 0 Å². The molecule has 0 fully saturated rings. The number of fused-ring (bicyclic) bond motifs is 3. The van der Waals surface area contributed by atoms with Gasteiger partial charge in [0, 0.05) is 45.1 Å². The number of halogens is 3. The molecule has 0 aliphatic carbocycles. The van der Waals surface area contributed by atoms with Gasteiger partial charge in [-0.2, -0.15) is 13.2 Å². The minimum Gasteiger partial charge on any atom is -0.512 e. The third-order valence-corrected chi connectivity index (χ3v) is 8.61. The van der Waals surface area contributed by atoms with Gasteiger partial charge in [0.25, 0.3) is 0 Å². The van der Waals surface area contributed by atoms with Crippen molar-refractivity contribution >= 4 is 38.2 Å². The molecule has 0 aliphatic heterocycles. The van der Waals surface area contributed by atoms with Crippen LogP contribution in [0.15, 0.2) is 78.7 Å². The summed E-state index contributed by atoms with van der Waals surface area (Å²) < 4.78 is 75.6. The van der Waals surface area contributed by atoms with Crippen molar-refractivity contribution in [2.24, 2.45) is 11.8 Å². The maximum atomic E-state index is 14.3. The van der Waals surface area contributed by atoms with Crippen LogP contribution in [0.1, 0.15) is 90.8 Å². The zero-order valence-corrected chi connectivity index (χ0v) is 30.7. The Balaban J connectivity index is 0.000000389. The maximum Gasteiger partial charge on any atom is 0.419 e. The number of carbonyl (C=O) groups is 1. The Kier molecular flexibility index (Phi) is 11.1. The van der Waals surface area contributed by atoms with Crippen LogP contribution in [0.25, 0.3) is 43.7 Å². The Morgan fingerprint density at radius 1 is 0.917 bits per heavy atom. The predicted molar refractivity (Wildman–Crippen MR) is 186 cm³/mol. The molecule has 0 bridgehead atoms. The largest absolute Gasteiger partial charge is 0.512 e. The van der Waals surface area contributed by atoms with Crippen LogP contribution in [0.5, 0.6) is 0 Å². The van der Waals surface area contributed by atoms with Gasteiger partial charge < -0.3 is 5.11 Å². The third kappa shape index (κ3) is 8.51. The van der Waals surface area contributed by atoms with E-state index in [-0.39, 0.29) is 89.0 Å². The molecule has 0 aliphatic rings. The van der Waals surface area contributed by atoms with Crippen LogP contribution in [0.4, 0.5) is 13.2 Å². The minimum atomic E-state index is -4.72. The van der Waals surface area contributed by atoms with Crippen LogP contribution in [-0.2, 0) is 36.5 Å². The molecule has 0 atom stereocenters. The molecule has 8 heteroatoms. The molecule has 5 rings (SSSR count). The van der Waals surface area contributed by atoms with Crippen molar-refractivity contribution in [3.8, 4) is 11.3 Å². The fraction of sp³-hybridized carbons (Fsp3) is 0.375. The number of carbonyl (C=O) groups excluding carboxylic acids is 1. The van der Waals surface area contributed by atoms with Gasteiger partial charge in [0.1, 0.15) is 7.67 Å².